The van der Waals surface area contributed by atoms with Crippen molar-refractivity contribution in [1.29, 1.82) is 0 Å². The van der Waals surface area contributed by atoms with Gasteiger partial charge in [-0.15, -0.1) is 0 Å². The zero-order chi connectivity index (χ0) is 13.7. The average Bonchev–Trinajstić information content (AvgIpc) is 2.37. The second kappa shape index (κ2) is 6.97. The second-order valence-corrected chi connectivity index (χ2v) is 5.25. The van der Waals surface area contributed by atoms with E-state index < -0.39 is 10.8 Å². The van der Waals surface area contributed by atoms with E-state index in [4.69, 9.17) is 23.2 Å². The van der Waals surface area contributed by atoms with Gasteiger partial charge in [-0.3, -0.25) is 9.59 Å². The highest BCUT2D eigenvalue weighted by atomic mass is 79.9. The fourth-order valence-electron chi connectivity index (χ4n) is 1.13. The van der Waals surface area contributed by atoms with Crippen LogP contribution in [0.3, 0.4) is 0 Å². The molecule has 0 radical (unpaired) electrons. The van der Waals surface area contributed by atoms with Gasteiger partial charge in [0.05, 0.1) is 17.2 Å². The van der Waals surface area contributed by atoms with Gasteiger partial charge in [0, 0.05) is 12.1 Å². The highest BCUT2D eigenvalue weighted by Crippen LogP contribution is 2.22. The van der Waals surface area contributed by atoms with E-state index in [1.165, 1.54) is 19.2 Å². The van der Waals surface area contributed by atoms with Crippen LogP contribution in [0.1, 0.15) is 10.4 Å². The first-order valence-electron chi connectivity index (χ1n) is 4.91. The molecule has 0 heterocycles. The van der Waals surface area contributed by atoms with E-state index in [9.17, 15) is 9.59 Å². The lowest BCUT2D eigenvalue weighted by molar-refractivity contribution is -0.139. The summed E-state index contributed by atoms with van der Waals surface area (Å²) in [4.78, 5) is 22.2. The Kier molecular flexibility index (Phi) is 5.91. The van der Waals surface area contributed by atoms with Crippen LogP contribution in [0.2, 0.25) is 10.0 Å². The smallest absolute Gasteiger partial charge is 0.321 e. The van der Waals surface area contributed by atoms with Crippen LogP contribution in [0.15, 0.2) is 18.2 Å². The molecule has 1 N–H and O–H groups in total. The Hall–Kier alpha value is -0.780. The number of alkyl halides is 1. The van der Waals surface area contributed by atoms with Crippen molar-refractivity contribution in [2.45, 2.75) is 4.83 Å². The highest BCUT2D eigenvalue weighted by molar-refractivity contribution is 9.10. The minimum Gasteiger partial charge on any atom is -0.468 e. The monoisotopic (exact) mass is 353 g/mol. The predicted molar refractivity (Wildman–Crippen MR) is 73.5 cm³/mol. The maximum atomic E-state index is 11.7. The molecule has 0 spiro atoms. The first-order chi connectivity index (χ1) is 8.45. The molecule has 1 amide bonds. The molecule has 4 nitrogen and oxygen atoms in total. The number of amides is 1. The summed E-state index contributed by atoms with van der Waals surface area (Å²) in [7, 11) is 1.28. The van der Waals surface area contributed by atoms with E-state index >= 15 is 0 Å². The van der Waals surface area contributed by atoms with Gasteiger partial charge in [0.25, 0.3) is 5.91 Å². The fourth-order valence-corrected chi connectivity index (χ4v) is 1.78. The van der Waals surface area contributed by atoms with Crippen LogP contribution in [0.4, 0.5) is 0 Å². The Balaban J connectivity index is 2.60. The Bertz CT molecular complexity index is 468. The largest absolute Gasteiger partial charge is 0.468 e. The van der Waals surface area contributed by atoms with Gasteiger partial charge in [-0.2, -0.15) is 0 Å². The van der Waals surface area contributed by atoms with Gasteiger partial charge in [-0.1, -0.05) is 39.1 Å². The number of nitrogens with one attached hydrogen (secondary N) is 1. The first kappa shape index (κ1) is 15.3. The maximum absolute atomic E-state index is 11.7. The number of hydrogen-bond acceptors (Lipinski definition) is 3. The van der Waals surface area contributed by atoms with Gasteiger partial charge >= 0.3 is 5.97 Å². The van der Waals surface area contributed by atoms with Crippen LogP contribution in [-0.2, 0) is 9.53 Å². The van der Waals surface area contributed by atoms with Crippen LogP contribution < -0.4 is 5.32 Å². The van der Waals surface area contributed by atoms with Crippen LogP contribution in [0, 0.1) is 0 Å². The number of hydrogen-bond donors (Lipinski definition) is 1. The standard InChI is InChI=1S/C11H10BrCl2NO3/c1-18-11(17)7(12)5-15-10(16)6-2-3-8(13)9(14)4-6/h2-4,7H,5H2,1H3,(H,15,16). The normalized spacial score (nSPS) is 11.8. The molecule has 0 aromatic heterocycles. The van der Waals surface area contributed by atoms with Gasteiger partial charge < -0.3 is 10.1 Å². The van der Waals surface area contributed by atoms with E-state index in [2.05, 4.69) is 26.0 Å². The van der Waals surface area contributed by atoms with Crippen LogP contribution in [-0.4, -0.2) is 30.4 Å². The first-order valence-corrected chi connectivity index (χ1v) is 6.58. The zero-order valence-electron chi connectivity index (χ0n) is 9.38. The van der Waals surface area contributed by atoms with Crippen molar-refractivity contribution >= 4 is 51.0 Å². The highest BCUT2D eigenvalue weighted by Gasteiger charge is 2.16. The molecule has 1 rings (SSSR count). The third-order valence-corrected chi connectivity index (χ3v) is 3.52. The van der Waals surface area contributed by atoms with E-state index in [-0.39, 0.29) is 12.5 Å². The third-order valence-electron chi connectivity index (χ3n) is 2.08. The van der Waals surface area contributed by atoms with E-state index in [0.717, 1.165) is 0 Å². The van der Waals surface area contributed by atoms with Gasteiger partial charge in [-0.05, 0) is 18.2 Å². The van der Waals surface area contributed by atoms with Crippen molar-refractivity contribution < 1.29 is 14.3 Å². The van der Waals surface area contributed by atoms with Crippen molar-refractivity contribution in [3.8, 4) is 0 Å². The fraction of sp³-hybridized carbons (Fsp3) is 0.273. The molecule has 0 saturated heterocycles. The van der Waals surface area contributed by atoms with Gasteiger partial charge in [0.2, 0.25) is 0 Å². The van der Waals surface area contributed by atoms with Crippen LogP contribution in [0.5, 0.6) is 0 Å². The summed E-state index contributed by atoms with van der Waals surface area (Å²) in [6.45, 7) is 0.117. The van der Waals surface area contributed by atoms with Crippen molar-refractivity contribution in [2.75, 3.05) is 13.7 Å². The third kappa shape index (κ3) is 4.15. The van der Waals surface area contributed by atoms with Gasteiger partial charge in [0.15, 0.2) is 0 Å². The Morgan fingerprint density at radius 1 is 1.39 bits per heavy atom. The Labute approximate surface area is 123 Å². The molecule has 18 heavy (non-hydrogen) atoms. The number of esters is 1. The molecule has 7 heteroatoms. The average molecular weight is 355 g/mol. The molecule has 0 aliphatic rings. The molecular formula is C11H10BrCl2NO3. The number of benzene rings is 1. The van der Waals surface area contributed by atoms with Crippen molar-refractivity contribution in [3.05, 3.63) is 33.8 Å². The molecule has 98 valence electrons. The Morgan fingerprint density at radius 3 is 2.61 bits per heavy atom. The van der Waals surface area contributed by atoms with Crippen LogP contribution in [0.25, 0.3) is 0 Å². The molecule has 0 bridgehead atoms. The van der Waals surface area contributed by atoms with E-state index in [1.54, 1.807) is 6.07 Å². The van der Waals surface area contributed by atoms with Crippen molar-refractivity contribution in [1.82, 2.24) is 5.32 Å². The van der Waals surface area contributed by atoms with Crippen molar-refractivity contribution in [3.63, 3.8) is 0 Å². The SMILES string of the molecule is COC(=O)C(Br)CNC(=O)c1ccc(Cl)c(Cl)c1. The number of carbonyl (C=O) groups excluding carboxylic acids is 2. The number of ether oxygens (including phenoxy) is 1. The lowest BCUT2D eigenvalue weighted by Gasteiger charge is -2.09. The summed E-state index contributed by atoms with van der Waals surface area (Å²) < 4.78 is 4.51. The molecule has 0 saturated carbocycles. The molecule has 1 atom stereocenters. The second-order valence-electron chi connectivity index (χ2n) is 3.33. The summed E-state index contributed by atoms with van der Waals surface area (Å²) in [5.74, 6) is -0.800. The molecular weight excluding hydrogens is 345 g/mol. The molecule has 0 fully saturated rings. The number of methoxy groups -OCH3 is 1. The number of carbonyl (C=O) groups is 2. The van der Waals surface area contributed by atoms with Gasteiger partial charge in [0.1, 0.15) is 4.83 Å². The van der Waals surface area contributed by atoms with Crippen LogP contribution >= 0.6 is 39.1 Å². The van der Waals surface area contributed by atoms with Crippen molar-refractivity contribution in [2.24, 2.45) is 0 Å². The van der Waals surface area contributed by atoms with Gasteiger partial charge in [-0.25, -0.2) is 0 Å². The minimum absolute atomic E-state index is 0.117. The molecule has 1 unspecified atom stereocenters. The molecule has 1 aromatic carbocycles. The summed E-state index contributed by atoms with van der Waals surface area (Å²) in [6.07, 6.45) is 0. The quantitative estimate of drug-likeness (QED) is 0.668. The molecule has 0 aliphatic heterocycles. The molecule has 1 aromatic rings. The van der Waals surface area contributed by atoms with E-state index in [1.807, 2.05) is 0 Å². The lowest BCUT2D eigenvalue weighted by Crippen LogP contribution is -2.33. The minimum atomic E-state index is -0.589. The summed E-state index contributed by atoms with van der Waals surface area (Å²) in [5.41, 5.74) is 0.369. The molecule has 0 aliphatic carbocycles. The summed E-state index contributed by atoms with van der Waals surface area (Å²) in [5, 5.41) is 3.25. The number of rotatable bonds is 4. The van der Waals surface area contributed by atoms with E-state index in [0.29, 0.717) is 15.6 Å². The predicted octanol–water partition coefficient (Wildman–Crippen LogP) is 2.66. The maximum Gasteiger partial charge on any atom is 0.321 e. The topological polar surface area (TPSA) is 55.4 Å². The Morgan fingerprint density at radius 2 is 2.06 bits per heavy atom. The lowest BCUT2D eigenvalue weighted by atomic mass is 10.2. The summed E-state index contributed by atoms with van der Waals surface area (Å²) in [6, 6.07) is 4.54. The zero-order valence-corrected chi connectivity index (χ0v) is 12.5. The summed E-state index contributed by atoms with van der Waals surface area (Å²) >= 11 is 14.6. The number of halogens is 3.